The highest BCUT2D eigenvalue weighted by Gasteiger charge is 2.33. The van der Waals surface area contributed by atoms with Gasteiger partial charge in [0.1, 0.15) is 11.5 Å². The number of nitrogens with one attached hydrogen (secondary N) is 1. The van der Waals surface area contributed by atoms with Gasteiger partial charge in [-0.25, -0.2) is 0 Å². The zero-order chi connectivity index (χ0) is 13.9. The van der Waals surface area contributed by atoms with E-state index >= 15 is 0 Å². The van der Waals surface area contributed by atoms with Gasteiger partial charge in [0.05, 0.1) is 0 Å². The Hall–Kier alpha value is -1.26. The van der Waals surface area contributed by atoms with Crippen molar-refractivity contribution in [2.24, 2.45) is 5.92 Å². The summed E-state index contributed by atoms with van der Waals surface area (Å²) in [5.74, 6) is 1.00. The summed E-state index contributed by atoms with van der Waals surface area (Å²) >= 11 is 0. The highest BCUT2D eigenvalue weighted by Crippen LogP contribution is 2.43. The molecule has 0 amide bonds. The third-order valence-corrected chi connectivity index (χ3v) is 4.72. The molecule has 1 aromatic carbocycles. The fourth-order valence-corrected chi connectivity index (χ4v) is 3.76. The van der Waals surface area contributed by atoms with Crippen LogP contribution in [0.3, 0.4) is 0 Å². The number of hydrogen-bond donors (Lipinski definition) is 3. The maximum absolute atomic E-state index is 10.3. The molecule has 4 nitrogen and oxygen atoms in total. The van der Waals surface area contributed by atoms with Gasteiger partial charge in [0.15, 0.2) is 0 Å². The molecule has 2 fully saturated rings. The molecule has 1 aliphatic heterocycles. The van der Waals surface area contributed by atoms with Crippen LogP contribution in [-0.2, 0) is 0 Å². The summed E-state index contributed by atoms with van der Waals surface area (Å²) in [5.41, 5.74) is 0.983. The second-order valence-corrected chi connectivity index (χ2v) is 6.02. The van der Waals surface area contributed by atoms with E-state index in [1.54, 1.807) is 6.07 Å². The first kappa shape index (κ1) is 13.7. The minimum atomic E-state index is 0.136. The lowest BCUT2D eigenvalue weighted by molar-refractivity contribution is 0.123. The fourth-order valence-electron chi connectivity index (χ4n) is 3.76. The Balaban J connectivity index is 1.90. The molecule has 0 aromatic heterocycles. The quantitative estimate of drug-likeness (QED) is 0.792. The van der Waals surface area contributed by atoms with E-state index in [2.05, 4.69) is 10.2 Å². The molecule has 110 valence electrons. The summed E-state index contributed by atoms with van der Waals surface area (Å²) in [5, 5.41) is 23.2. The van der Waals surface area contributed by atoms with Crippen molar-refractivity contribution in [2.75, 3.05) is 26.2 Å². The standard InChI is InChI=1S/C16H24N2O2/c19-13-5-6-14(15(20)11-13)16(12-3-1-2-4-12)18-9-7-17-8-10-18/h5-6,11-12,16-17,19-20H,1-4,7-10H2/t16-/m1/s1. The molecule has 1 atom stereocenters. The summed E-state index contributed by atoms with van der Waals surface area (Å²) < 4.78 is 0. The van der Waals surface area contributed by atoms with Crippen molar-refractivity contribution in [1.29, 1.82) is 0 Å². The van der Waals surface area contributed by atoms with Gasteiger partial charge in [0.2, 0.25) is 0 Å². The van der Waals surface area contributed by atoms with E-state index in [1.807, 2.05) is 6.07 Å². The summed E-state index contributed by atoms with van der Waals surface area (Å²) in [4.78, 5) is 2.50. The van der Waals surface area contributed by atoms with Crippen LogP contribution in [0.4, 0.5) is 0 Å². The van der Waals surface area contributed by atoms with Gasteiger partial charge in [-0.15, -0.1) is 0 Å². The summed E-state index contributed by atoms with van der Waals surface area (Å²) in [7, 11) is 0. The Morgan fingerprint density at radius 3 is 2.45 bits per heavy atom. The van der Waals surface area contributed by atoms with E-state index in [4.69, 9.17) is 0 Å². The number of rotatable bonds is 3. The second-order valence-electron chi connectivity index (χ2n) is 6.02. The van der Waals surface area contributed by atoms with E-state index < -0.39 is 0 Å². The van der Waals surface area contributed by atoms with Gasteiger partial charge < -0.3 is 15.5 Å². The summed E-state index contributed by atoms with van der Waals surface area (Å²) in [6.07, 6.45) is 5.09. The zero-order valence-electron chi connectivity index (χ0n) is 11.9. The molecule has 0 spiro atoms. The average Bonchev–Trinajstić information content (AvgIpc) is 2.97. The summed E-state index contributed by atoms with van der Waals surface area (Å²) in [6.45, 7) is 4.09. The van der Waals surface area contributed by atoms with Crippen molar-refractivity contribution >= 4 is 0 Å². The molecule has 1 saturated carbocycles. The van der Waals surface area contributed by atoms with Crippen LogP contribution in [0.1, 0.15) is 37.3 Å². The number of piperazine rings is 1. The van der Waals surface area contributed by atoms with Crippen molar-refractivity contribution < 1.29 is 10.2 Å². The van der Waals surface area contributed by atoms with Gasteiger partial charge in [0.25, 0.3) is 0 Å². The molecule has 1 aliphatic carbocycles. The molecule has 20 heavy (non-hydrogen) atoms. The van der Waals surface area contributed by atoms with Crippen LogP contribution in [0.5, 0.6) is 11.5 Å². The van der Waals surface area contributed by atoms with Crippen LogP contribution >= 0.6 is 0 Å². The second kappa shape index (κ2) is 6.02. The molecule has 0 unspecified atom stereocenters. The molecule has 0 bridgehead atoms. The van der Waals surface area contributed by atoms with Crippen molar-refractivity contribution in [2.45, 2.75) is 31.7 Å². The van der Waals surface area contributed by atoms with E-state index in [0.717, 1.165) is 31.7 Å². The van der Waals surface area contributed by atoms with Crippen molar-refractivity contribution in [1.82, 2.24) is 10.2 Å². The maximum atomic E-state index is 10.3. The molecule has 4 heteroatoms. The lowest BCUT2D eigenvalue weighted by Gasteiger charge is -2.38. The smallest absolute Gasteiger partial charge is 0.124 e. The van der Waals surface area contributed by atoms with Gasteiger partial charge in [-0.2, -0.15) is 0 Å². The SMILES string of the molecule is Oc1ccc([C@@H](C2CCCC2)N2CCNCC2)c(O)c1. The first-order valence-corrected chi connectivity index (χ1v) is 7.72. The normalized spacial score (nSPS) is 23.0. The predicted octanol–water partition coefficient (Wildman–Crippen LogP) is 2.23. The first-order valence-electron chi connectivity index (χ1n) is 7.72. The first-order chi connectivity index (χ1) is 9.75. The molecule has 3 N–H and O–H groups in total. The van der Waals surface area contributed by atoms with E-state index in [1.165, 1.54) is 31.7 Å². The topological polar surface area (TPSA) is 55.7 Å². The number of phenolic OH excluding ortho intramolecular Hbond substituents is 2. The minimum Gasteiger partial charge on any atom is -0.508 e. The Morgan fingerprint density at radius 2 is 1.80 bits per heavy atom. The molecule has 1 saturated heterocycles. The van der Waals surface area contributed by atoms with Gasteiger partial charge >= 0.3 is 0 Å². The van der Waals surface area contributed by atoms with Crippen LogP contribution in [-0.4, -0.2) is 41.3 Å². The van der Waals surface area contributed by atoms with Gasteiger partial charge in [-0.3, -0.25) is 4.90 Å². The third kappa shape index (κ3) is 2.76. The maximum Gasteiger partial charge on any atom is 0.124 e. The minimum absolute atomic E-state index is 0.136. The fraction of sp³-hybridized carbons (Fsp3) is 0.625. The van der Waals surface area contributed by atoms with Crippen molar-refractivity contribution in [3.05, 3.63) is 23.8 Å². The Morgan fingerprint density at radius 1 is 1.10 bits per heavy atom. The highest BCUT2D eigenvalue weighted by atomic mass is 16.3. The largest absolute Gasteiger partial charge is 0.508 e. The van der Waals surface area contributed by atoms with Crippen LogP contribution < -0.4 is 5.32 Å². The zero-order valence-corrected chi connectivity index (χ0v) is 11.9. The number of phenols is 2. The number of benzene rings is 1. The highest BCUT2D eigenvalue weighted by molar-refractivity contribution is 5.41. The number of hydrogen-bond acceptors (Lipinski definition) is 4. The van der Waals surface area contributed by atoms with Crippen molar-refractivity contribution in [3.8, 4) is 11.5 Å². The monoisotopic (exact) mass is 276 g/mol. The van der Waals surface area contributed by atoms with Gasteiger partial charge in [-0.05, 0) is 24.8 Å². The molecule has 1 heterocycles. The van der Waals surface area contributed by atoms with E-state index in [0.29, 0.717) is 12.0 Å². The third-order valence-electron chi connectivity index (χ3n) is 4.72. The Bertz CT molecular complexity index is 452. The number of nitrogens with zero attached hydrogens (tertiary/aromatic N) is 1. The molecule has 3 rings (SSSR count). The lowest BCUT2D eigenvalue weighted by atomic mass is 9.89. The molecular weight excluding hydrogens is 252 g/mol. The van der Waals surface area contributed by atoms with Crippen LogP contribution in [0.15, 0.2) is 18.2 Å². The number of aromatic hydroxyl groups is 2. The molecule has 0 radical (unpaired) electrons. The van der Waals surface area contributed by atoms with E-state index in [-0.39, 0.29) is 11.5 Å². The van der Waals surface area contributed by atoms with Crippen LogP contribution in [0, 0.1) is 5.92 Å². The van der Waals surface area contributed by atoms with Crippen LogP contribution in [0.2, 0.25) is 0 Å². The Labute approximate surface area is 120 Å². The van der Waals surface area contributed by atoms with Crippen molar-refractivity contribution in [3.63, 3.8) is 0 Å². The van der Waals surface area contributed by atoms with E-state index in [9.17, 15) is 10.2 Å². The van der Waals surface area contributed by atoms with Gasteiger partial charge in [0, 0.05) is 43.9 Å². The summed E-state index contributed by atoms with van der Waals surface area (Å²) in [6, 6.07) is 5.36. The Kier molecular flexibility index (Phi) is 4.13. The predicted molar refractivity (Wildman–Crippen MR) is 78.9 cm³/mol. The molecule has 1 aromatic rings. The molecular formula is C16H24N2O2. The average molecular weight is 276 g/mol. The lowest BCUT2D eigenvalue weighted by Crippen LogP contribution is -2.46. The van der Waals surface area contributed by atoms with Gasteiger partial charge in [-0.1, -0.05) is 18.9 Å². The van der Waals surface area contributed by atoms with Crippen LogP contribution in [0.25, 0.3) is 0 Å². The molecule has 2 aliphatic rings.